The van der Waals surface area contributed by atoms with Gasteiger partial charge in [-0.3, -0.25) is 4.79 Å². The van der Waals surface area contributed by atoms with E-state index in [1.54, 1.807) is 0 Å². The summed E-state index contributed by atoms with van der Waals surface area (Å²) in [5.74, 6) is 1.22. The number of nitrogens with zero attached hydrogens (tertiary/aromatic N) is 1. The van der Waals surface area contributed by atoms with Crippen molar-refractivity contribution in [1.29, 1.82) is 0 Å². The Hall–Kier alpha value is -0.530. The summed E-state index contributed by atoms with van der Waals surface area (Å²) in [6, 6.07) is 0. The van der Waals surface area contributed by atoms with Crippen molar-refractivity contribution in [3.05, 3.63) is 0 Å². The van der Waals surface area contributed by atoms with Gasteiger partial charge in [-0.15, -0.1) is 24.0 Å². The molecule has 6 heteroatoms. The summed E-state index contributed by atoms with van der Waals surface area (Å²) in [5, 5.41) is 9.09. The van der Waals surface area contributed by atoms with E-state index in [9.17, 15) is 4.79 Å². The molecule has 5 nitrogen and oxygen atoms in total. The molecule has 0 spiro atoms. The average Bonchev–Trinajstić information content (AvgIpc) is 2.29. The third kappa shape index (κ3) is 11.9. The molecule has 18 heavy (non-hydrogen) atoms. The van der Waals surface area contributed by atoms with Crippen LogP contribution in [-0.4, -0.2) is 38.0 Å². The number of hydrogen-bond donors (Lipinski definition) is 3. The highest BCUT2D eigenvalue weighted by molar-refractivity contribution is 14.0. The second-order valence-corrected chi connectivity index (χ2v) is 4.32. The first kappa shape index (κ1) is 19.8. The molecule has 0 aromatic carbocycles. The van der Waals surface area contributed by atoms with Gasteiger partial charge in [-0.05, 0) is 19.3 Å². The maximum atomic E-state index is 11.4. The predicted octanol–water partition coefficient (Wildman–Crippen LogP) is 1.34. The maximum Gasteiger partial charge on any atom is 0.241 e. The second-order valence-electron chi connectivity index (χ2n) is 4.32. The van der Waals surface area contributed by atoms with Gasteiger partial charge in [0.05, 0.1) is 0 Å². The van der Waals surface area contributed by atoms with Gasteiger partial charge in [0.1, 0.15) is 6.54 Å². The standard InChI is InChI=1S/C12H26N4O.HI/c1-5-7-14-11(17)9-16-12(13-6-2)15-8-10(3)4;/h10H,5-9H2,1-4H3,(H,14,17)(H2,13,15,16);1H. The van der Waals surface area contributed by atoms with Crippen molar-refractivity contribution in [2.45, 2.75) is 34.1 Å². The average molecular weight is 370 g/mol. The lowest BCUT2D eigenvalue weighted by Gasteiger charge is -2.12. The summed E-state index contributed by atoms with van der Waals surface area (Å²) in [6.45, 7) is 10.8. The number of guanidine groups is 1. The van der Waals surface area contributed by atoms with Gasteiger partial charge in [0.25, 0.3) is 0 Å². The lowest BCUT2D eigenvalue weighted by molar-refractivity contribution is -0.119. The van der Waals surface area contributed by atoms with Crippen LogP contribution in [0.5, 0.6) is 0 Å². The first-order valence-electron chi connectivity index (χ1n) is 6.39. The molecule has 0 fully saturated rings. The lowest BCUT2D eigenvalue weighted by atomic mass is 10.2. The fourth-order valence-corrected chi connectivity index (χ4v) is 1.11. The highest BCUT2D eigenvalue weighted by Crippen LogP contribution is 1.87. The Morgan fingerprint density at radius 1 is 1.17 bits per heavy atom. The fourth-order valence-electron chi connectivity index (χ4n) is 1.11. The summed E-state index contributed by atoms with van der Waals surface area (Å²) >= 11 is 0. The lowest BCUT2D eigenvalue weighted by Crippen LogP contribution is -2.40. The van der Waals surface area contributed by atoms with Crippen molar-refractivity contribution in [2.75, 3.05) is 26.2 Å². The minimum Gasteiger partial charge on any atom is -0.357 e. The molecule has 0 radical (unpaired) electrons. The molecule has 108 valence electrons. The van der Waals surface area contributed by atoms with Crippen LogP contribution in [0.2, 0.25) is 0 Å². The highest BCUT2D eigenvalue weighted by atomic mass is 127. The minimum atomic E-state index is -0.0337. The van der Waals surface area contributed by atoms with E-state index < -0.39 is 0 Å². The molecule has 0 unspecified atom stereocenters. The molecule has 0 aliphatic carbocycles. The van der Waals surface area contributed by atoms with Crippen molar-refractivity contribution in [2.24, 2.45) is 10.9 Å². The van der Waals surface area contributed by atoms with Crippen molar-refractivity contribution in [3.8, 4) is 0 Å². The van der Waals surface area contributed by atoms with Crippen LogP contribution >= 0.6 is 24.0 Å². The fraction of sp³-hybridized carbons (Fsp3) is 0.833. The van der Waals surface area contributed by atoms with E-state index >= 15 is 0 Å². The van der Waals surface area contributed by atoms with E-state index in [1.165, 1.54) is 0 Å². The molecule has 3 N–H and O–H groups in total. The van der Waals surface area contributed by atoms with Gasteiger partial charge in [-0.1, -0.05) is 20.8 Å². The molecule has 0 bridgehead atoms. The van der Waals surface area contributed by atoms with Crippen molar-refractivity contribution >= 4 is 35.8 Å². The third-order valence-corrected chi connectivity index (χ3v) is 1.97. The topological polar surface area (TPSA) is 65.5 Å². The zero-order chi connectivity index (χ0) is 13.1. The summed E-state index contributed by atoms with van der Waals surface area (Å²) in [5.41, 5.74) is 0. The number of hydrogen-bond acceptors (Lipinski definition) is 2. The number of carbonyl (C=O) groups is 1. The molecule has 0 saturated heterocycles. The molecular formula is C12H27IN4O. The maximum absolute atomic E-state index is 11.4. The zero-order valence-corrected chi connectivity index (χ0v) is 14.2. The molecule has 0 aliphatic rings. The van der Waals surface area contributed by atoms with Gasteiger partial charge in [-0.25, -0.2) is 4.99 Å². The molecule has 1 amide bonds. The Labute approximate surface area is 128 Å². The summed E-state index contributed by atoms with van der Waals surface area (Å²) in [7, 11) is 0. The Bertz CT molecular complexity index is 244. The van der Waals surface area contributed by atoms with Crippen molar-refractivity contribution in [1.82, 2.24) is 16.0 Å². The van der Waals surface area contributed by atoms with Crippen LogP contribution in [0.1, 0.15) is 34.1 Å². The van der Waals surface area contributed by atoms with Gasteiger partial charge < -0.3 is 16.0 Å². The molecule has 0 aromatic heterocycles. The van der Waals surface area contributed by atoms with Gasteiger partial charge in [0.2, 0.25) is 5.91 Å². The van der Waals surface area contributed by atoms with E-state index in [0.717, 1.165) is 19.5 Å². The van der Waals surface area contributed by atoms with E-state index in [0.29, 0.717) is 18.4 Å². The van der Waals surface area contributed by atoms with Crippen LogP contribution in [0.25, 0.3) is 0 Å². The molecular weight excluding hydrogens is 343 g/mol. The number of halogens is 1. The Kier molecular flexibility index (Phi) is 14.2. The molecule has 0 aromatic rings. The number of carbonyl (C=O) groups excluding carboxylic acids is 1. The molecule has 0 heterocycles. The second kappa shape index (κ2) is 12.9. The van der Waals surface area contributed by atoms with E-state index in [2.05, 4.69) is 34.8 Å². The Morgan fingerprint density at radius 3 is 2.33 bits per heavy atom. The van der Waals surface area contributed by atoms with Crippen LogP contribution in [0, 0.1) is 5.92 Å². The van der Waals surface area contributed by atoms with Crippen molar-refractivity contribution < 1.29 is 4.79 Å². The van der Waals surface area contributed by atoms with Gasteiger partial charge in [0, 0.05) is 19.6 Å². The smallest absolute Gasteiger partial charge is 0.241 e. The first-order chi connectivity index (χ1) is 8.10. The minimum absolute atomic E-state index is 0. The summed E-state index contributed by atoms with van der Waals surface area (Å²) < 4.78 is 0. The number of aliphatic imine (C=N–C) groups is 1. The summed E-state index contributed by atoms with van der Waals surface area (Å²) in [4.78, 5) is 15.6. The predicted molar refractivity (Wildman–Crippen MR) is 87.5 cm³/mol. The van der Waals surface area contributed by atoms with E-state index in [4.69, 9.17) is 0 Å². The highest BCUT2D eigenvalue weighted by Gasteiger charge is 2.01. The van der Waals surface area contributed by atoms with Crippen LogP contribution in [0.3, 0.4) is 0 Å². The van der Waals surface area contributed by atoms with Gasteiger partial charge in [-0.2, -0.15) is 0 Å². The van der Waals surface area contributed by atoms with Crippen LogP contribution in [0.15, 0.2) is 4.99 Å². The Morgan fingerprint density at radius 2 is 1.83 bits per heavy atom. The van der Waals surface area contributed by atoms with E-state index in [-0.39, 0.29) is 36.4 Å². The van der Waals surface area contributed by atoms with Gasteiger partial charge >= 0.3 is 0 Å². The quantitative estimate of drug-likeness (QED) is 0.360. The van der Waals surface area contributed by atoms with E-state index in [1.807, 2.05) is 13.8 Å². The molecule has 0 saturated carbocycles. The van der Waals surface area contributed by atoms with Crippen LogP contribution < -0.4 is 16.0 Å². The SMILES string of the molecule is CCCNC(=O)CN=C(NCC)NCC(C)C.I. The largest absolute Gasteiger partial charge is 0.357 e. The van der Waals surface area contributed by atoms with Crippen LogP contribution in [0.4, 0.5) is 0 Å². The third-order valence-electron chi connectivity index (χ3n) is 1.97. The number of nitrogens with one attached hydrogen (secondary N) is 3. The summed E-state index contributed by atoms with van der Waals surface area (Å²) in [6.07, 6.45) is 0.946. The molecule has 0 rings (SSSR count). The molecule has 0 aliphatic heterocycles. The normalized spacial score (nSPS) is 10.8. The first-order valence-corrected chi connectivity index (χ1v) is 6.39. The number of rotatable bonds is 7. The molecule has 0 atom stereocenters. The monoisotopic (exact) mass is 370 g/mol. The van der Waals surface area contributed by atoms with Crippen LogP contribution in [-0.2, 0) is 4.79 Å². The van der Waals surface area contributed by atoms with Crippen molar-refractivity contribution in [3.63, 3.8) is 0 Å². The zero-order valence-electron chi connectivity index (χ0n) is 11.9. The van der Waals surface area contributed by atoms with Gasteiger partial charge in [0.15, 0.2) is 5.96 Å². The Balaban J connectivity index is 0. The number of amides is 1.